The lowest BCUT2D eigenvalue weighted by atomic mass is 10.2. The van der Waals surface area contributed by atoms with Gasteiger partial charge in [0.25, 0.3) is 5.91 Å². The van der Waals surface area contributed by atoms with Gasteiger partial charge in [0.15, 0.2) is 11.0 Å². The molecule has 2 N–H and O–H groups in total. The van der Waals surface area contributed by atoms with E-state index in [1.54, 1.807) is 36.4 Å². The Labute approximate surface area is 193 Å². The van der Waals surface area contributed by atoms with Crippen molar-refractivity contribution in [1.29, 1.82) is 0 Å². The van der Waals surface area contributed by atoms with Gasteiger partial charge in [-0.2, -0.15) is 5.10 Å². The summed E-state index contributed by atoms with van der Waals surface area (Å²) in [5.41, 5.74) is 4.70. The van der Waals surface area contributed by atoms with Crippen LogP contribution in [0.25, 0.3) is 17.1 Å². The number of aromatic nitrogens is 3. The number of amides is 1. The molecule has 0 saturated heterocycles. The van der Waals surface area contributed by atoms with Crippen molar-refractivity contribution in [3.63, 3.8) is 0 Å². The van der Waals surface area contributed by atoms with Crippen LogP contribution in [0.2, 0.25) is 5.02 Å². The van der Waals surface area contributed by atoms with Gasteiger partial charge < -0.3 is 5.11 Å². The molecule has 160 valence electrons. The van der Waals surface area contributed by atoms with E-state index >= 15 is 0 Å². The molecule has 0 saturated carbocycles. The fraction of sp³-hybridized carbons (Fsp3) is 0.0435. The van der Waals surface area contributed by atoms with Gasteiger partial charge in [0.05, 0.1) is 12.0 Å². The predicted molar refractivity (Wildman–Crippen MR) is 126 cm³/mol. The number of phenols is 1. The molecule has 4 aromatic rings. The Morgan fingerprint density at radius 2 is 1.75 bits per heavy atom. The molecule has 0 aliphatic heterocycles. The van der Waals surface area contributed by atoms with Gasteiger partial charge in [-0.1, -0.05) is 65.8 Å². The zero-order chi connectivity index (χ0) is 22.3. The second kappa shape index (κ2) is 10.1. The molecule has 1 amide bonds. The summed E-state index contributed by atoms with van der Waals surface area (Å²) in [4.78, 5) is 12.3. The highest BCUT2D eigenvalue weighted by Gasteiger charge is 2.17. The minimum atomic E-state index is -0.311. The van der Waals surface area contributed by atoms with Crippen LogP contribution in [0.5, 0.6) is 5.75 Å². The van der Waals surface area contributed by atoms with Crippen LogP contribution in [0, 0.1) is 0 Å². The molecule has 0 atom stereocenters. The van der Waals surface area contributed by atoms with Crippen LogP contribution in [-0.4, -0.2) is 37.7 Å². The Morgan fingerprint density at radius 3 is 2.50 bits per heavy atom. The van der Waals surface area contributed by atoms with Gasteiger partial charge in [-0.25, -0.2) is 5.43 Å². The Balaban J connectivity index is 1.51. The quantitative estimate of drug-likeness (QED) is 0.238. The molecular formula is C23H18ClN5O2S. The smallest absolute Gasteiger partial charge is 0.250 e. The zero-order valence-corrected chi connectivity index (χ0v) is 18.3. The third kappa shape index (κ3) is 5.16. The molecule has 0 bridgehead atoms. The van der Waals surface area contributed by atoms with E-state index < -0.39 is 0 Å². The largest absolute Gasteiger partial charge is 0.507 e. The van der Waals surface area contributed by atoms with E-state index in [0.29, 0.717) is 21.6 Å². The first-order valence-electron chi connectivity index (χ1n) is 9.61. The van der Waals surface area contributed by atoms with Crippen molar-refractivity contribution in [2.45, 2.75) is 5.16 Å². The van der Waals surface area contributed by atoms with Gasteiger partial charge in [0.2, 0.25) is 0 Å². The number of thioether (sulfide) groups is 1. The fourth-order valence-corrected chi connectivity index (χ4v) is 3.76. The Kier molecular flexibility index (Phi) is 6.84. The van der Waals surface area contributed by atoms with E-state index in [4.69, 9.17) is 11.6 Å². The maximum absolute atomic E-state index is 12.3. The third-order valence-electron chi connectivity index (χ3n) is 4.41. The normalized spacial score (nSPS) is 11.0. The van der Waals surface area contributed by atoms with Gasteiger partial charge in [0, 0.05) is 21.8 Å². The number of halogens is 1. The first-order valence-corrected chi connectivity index (χ1v) is 11.0. The summed E-state index contributed by atoms with van der Waals surface area (Å²) < 4.78 is 1.88. The van der Waals surface area contributed by atoms with Gasteiger partial charge in [-0.15, -0.1) is 10.2 Å². The highest BCUT2D eigenvalue weighted by Crippen LogP contribution is 2.28. The topological polar surface area (TPSA) is 92.4 Å². The van der Waals surface area contributed by atoms with Crippen molar-refractivity contribution >= 4 is 35.5 Å². The molecule has 32 heavy (non-hydrogen) atoms. The van der Waals surface area contributed by atoms with Gasteiger partial charge >= 0.3 is 0 Å². The van der Waals surface area contributed by atoms with Gasteiger partial charge in [-0.05, 0) is 36.4 Å². The van der Waals surface area contributed by atoms with Crippen LogP contribution in [-0.2, 0) is 4.79 Å². The zero-order valence-electron chi connectivity index (χ0n) is 16.7. The Morgan fingerprint density at radius 1 is 1.03 bits per heavy atom. The monoisotopic (exact) mass is 463 g/mol. The maximum atomic E-state index is 12.3. The number of phenolic OH excluding ortho intramolecular Hbond substituents is 1. The number of carbonyl (C=O) groups excluding carboxylic acids is 1. The van der Waals surface area contributed by atoms with E-state index in [2.05, 4.69) is 20.7 Å². The molecule has 3 aromatic carbocycles. The van der Waals surface area contributed by atoms with Crippen molar-refractivity contribution in [2.75, 3.05) is 5.75 Å². The maximum Gasteiger partial charge on any atom is 0.250 e. The lowest BCUT2D eigenvalue weighted by Gasteiger charge is -2.10. The van der Waals surface area contributed by atoms with Crippen molar-refractivity contribution in [1.82, 2.24) is 20.2 Å². The summed E-state index contributed by atoms with van der Waals surface area (Å²) in [6, 6.07) is 23.7. The molecule has 0 fully saturated rings. The first kappa shape index (κ1) is 21.6. The number of hydrazone groups is 1. The second-order valence-electron chi connectivity index (χ2n) is 6.62. The number of para-hydroxylation sites is 1. The van der Waals surface area contributed by atoms with Crippen LogP contribution in [0.15, 0.2) is 89.1 Å². The van der Waals surface area contributed by atoms with E-state index in [9.17, 15) is 9.90 Å². The molecule has 0 unspecified atom stereocenters. The van der Waals surface area contributed by atoms with Crippen LogP contribution in [0.1, 0.15) is 5.56 Å². The van der Waals surface area contributed by atoms with E-state index in [1.807, 2.05) is 47.0 Å². The number of hydrogen-bond acceptors (Lipinski definition) is 6. The van der Waals surface area contributed by atoms with Crippen molar-refractivity contribution in [3.05, 3.63) is 89.4 Å². The highest BCUT2D eigenvalue weighted by atomic mass is 35.5. The average Bonchev–Trinajstić information content (AvgIpc) is 3.24. The summed E-state index contributed by atoms with van der Waals surface area (Å²) in [7, 11) is 0. The van der Waals surface area contributed by atoms with Crippen molar-refractivity contribution < 1.29 is 9.90 Å². The number of hydrogen-bond donors (Lipinski definition) is 2. The molecular weight excluding hydrogens is 446 g/mol. The first-order chi connectivity index (χ1) is 15.6. The van der Waals surface area contributed by atoms with Crippen LogP contribution < -0.4 is 5.43 Å². The molecule has 0 aliphatic rings. The fourth-order valence-electron chi connectivity index (χ4n) is 2.89. The van der Waals surface area contributed by atoms with Crippen molar-refractivity contribution in [2.24, 2.45) is 5.10 Å². The molecule has 9 heteroatoms. The summed E-state index contributed by atoms with van der Waals surface area (Å²) in [6.45, 7) is 0. The third-order valence-corrected chi connectivity index (χ3v) is 5.59. The summed E-state index contributed by atoms with van der Waals surface area (Å²) in [5, 5.41) is 23.5. The van der Waals surface area contributed by atoms with E-state index in [0.717, 1.165) is 11.3 Å². The van der Waals surface area contributed by atoms with Gasteiger partial charge in [0.1, 0.15) is 5.75 Å². The summed E-state index contributed by atoms with van der Waals surface area (Å²) >= 11 is 7.29. The van der Waals surface area contributed by atoms with Gasteiger partial charge in [-0.3, -0.25) is 9.36 Å². The summed E-state index contributed by atoms with van der Waals surface area (Å²) in [5.74, 6) is 0.518. The molecule has 7 nitrogen and oxygen atoms in total. The number of aromatic hydroxyl groups is 1. The SMILES string of the molecule is O=C(CSc1nnc(-c2ccccc2)n1-c1ccc(Cl)cc1)N/N=C/c1ccccc1O. The minimum absolute atomic E-state index is 0.0820. The molecule has 1 aromatic heterocycles. The average molecular weight is 464 g/mol. The molecule has 1 heterocycles. The lowest BCUT2D eigenvalue weighted by Crippen LogP contribution is -2.20. The Bertz CT molecular complexity index is 1240. The van der Waals surface area contributed by atoms with E-state index in [1.165, 1.54) is 18.0 Å². The number of nitrogens with one attached hydrogen (secondary N) is 1. The van der Waals surface area contributed by atoms with Crippen LogP contribution in [0.3, 0.4) is 0 Å². The number of carbonyl (C=O) groups is 1. The second-order valence-corrected chi connectivity index (χ2v) is 8.00. The number of nitrogens with zero attached hydrogens (tertiary/aromatic N) is 4. The molecule has 0 spiro atoms. The Hall–Kier alpha value is -3.62. The summed E-state index contributed by atoms with van der Waals surface area (Å²) in [6.07, 6.45) is 1.39. The molecule has 0 radical (unpaired) electrons. The van der Waals surface area contributed by atoms with Crippen LogP contribution >= 0.6 is 23.4 Å². The lowest BCUT2D eigenvalue weighted by molar-refractivity contribution is -0.118. The predicted octanol–water partition coefficient (Wildman–Crippen LogP) is 4.54. The molecule has 4 rings (SSSR count). The minimum Gasteiger partial charge on any atom is -0.507 e. The van der Waals surface area contributed by atoms with Crippen molar-refractivity contribution in [3.8, 4) is 22.8 Å². The molecule has 0 aliphatic carbocycles. The van der Waals surface area contributed by atoms with E-state index in [-0.39, 0.29) is 17.4 Å². The standard InChI is InChI=1S/C23H18ClN5O2S/c24-18-10-12-19(13-11-18)29-22(16-6-2-1-3-7-16)27-28-23(29)32-15-21(31)26-25-14-17-8-4-5-9-20(17)30/h1-14,30H,15H2,(H,26,31)/b25-14+. The van der Waals surface area contributed by atoms with Crippen LogP contribution in [0.4, 0.5) is 0 Å². The number of benzene rings is 3. The highest BCUT2D eigenvalue weighted by molar-refractivity contribution is 7.99. The number of rotatable bonds is 7.